The van der Waals surface area contributed by atoms with E-state index in [9.17, 15) is 0 Å². The van der Waals surface area contributed by atoms with E-state index in [4.69, 9.17) is 5.73 Å². The number of nitrogens with two attached hydrogens (primary N) is 1. The summed E-state index contributed by atoms with van der Waals surface area (Å²) in [6.45, 7) is 5.02. The minimum absolute atomic E-state index is 0.570. The van der Waals surface area contributed by atoms with Crippen LogP contribution < -0.4 is 5.73 Å². The third-order valence-corrected chi connectivity index (χ3v) is 2.69. The molecule has 3 heteroatoms. The number of hydrogen-bond acceptors (Lipinski definition) is 2. The van der Waals surface area contributed by atoms with Crippen molar-refractivity contribution in [3.8, 4) is 5.69 Å². The Labute approximate surface area is 102 Å². The minimum Gasteiger partial charge on any atom is -0.326 e. The van der Waals surface area contributed by atoms with Crippen LogP contribution in [0.4, 0.5) is 0 Å². The Morgan fingerprint density at radius 2 is 2.00 bits per heavy atom. The van der Waals surface area contributed by atoms with Gasteiger partial charge in [-0.25, -0.2) is 4.68 Å². The van der Waals surface area contributed by atoms with E-state index in [0.717, 1.165) is 17.7 Å². The molecule has 2 aromatic rings. The first kappa shape index (κ1) is 11.9. The fraction of sp³-hybridized carbons (Fsp3) is 0.357. The molecule has 0 aliphatic carbocycles. The van der Waals surface area contributed by atoms with Crippen LogP contribution in [0.25, 0.3) is 5.69 Å². The summed E-state index contributed by atoms with van der Waals surface area (Å²) in [5.41, 5.74) is 9.32. The molecule has 0 bridgehead atoms. The van der Waals surface area contributed by atoms with Gasteiger partial charge < -0.3 is 5.73 Å². The maximum atomic E-state index is 5.74. The molecular formula is C14H19N3. The first-order valence-corrected chi connectivity index (χ1v) is 6.02. The SMILES string of the molecule is CC(C)Cc1cc(CN)cc(-n2cccn2)c1. The molecule has 0 unspecified atom stereocenters. The van der Waals surface area contributed by atoms with Gasteiger partial charge in [0.25, 0.3) is 0 Å². The zero-order valence-electron chi connectivity index (χ0n) is 10.4. The smallest absolute Gasteiger partial charge is 0.0651 e. The Morgan fingerprint density at radius 1 is 1.24 bits per heavy atom. The average Bonchev–Trinajstić information content (AvgIpc) is 2.81. The molecule has 0 saturated heterocycles. The second-order valence-corrected chi connectivity index (χ2v) is 4.76. The van der Waals surface area contributed by atoms with Gasteiger partial charge in [-0.05, 0) is 41.7 Å². The van der Waals surface area contributed by atoms with Crippen molar-refractivity contribution in [2.45, 2.75) is 26.8 Å². The zero-order valence-corrected chi connectivity index (χ0v) is 10.4. The Balaban J connectivity index is 2.38. The molecule has 17 heavy (non-hydrogen) atoms. The first-order chi connectivity index (χ1) is 8.19. The molecule has 0 radical (unpaired) electrons. The highest BCUT2D eigenvalue weighted by Crippen LogP contribution is 2.16. The Bertz CT molecular complexity index is 472. The van der Waals surface area contributed by atoms with Crippen LogP contribution in [-0.2, 0) is 13.0 Å². The van der Waals surface area contributed by atoms with Gasteiger partial charge in [0.05, 0.1) is 5.69 Å². The van der Waals surface area contributed by atoms with E-state index < -0.39 is 0 Å². The van der Waals surface area contributed by atoms with Crippen LogP contribution in [-0.4, -0.2) is 9.78 Å². The number of nitrogens with zero attached hydrogens (tertiary/aromatic N) is 2. The average molecular weight is 229 g/mol. The van der Waals surface area contributed by atoms with Gasteiger partial charge in [0.1, 0.15) is 0 Å². The quantitative estimate of drug-likeness (QED) is 0.875. The van der Waals surface area contributed by atoms with Crippen LogP contribution in [0.2, 0.25) is 0 Å². The van der Waals surface area contributed by atoms with E-state index in [1.54, 1.807) is 6.20 Å². The second kappa shape index (κ2) is 5.15. The molecule has 0 saturated carbocycles. The molecule has 1 aromatic heterocycles. The van der Waals surface area contributed by atoms with Gasteiger partial charge in [-0.3, -0.25) is 0 Å². The van der Waals surface area contributed by atoms with Crippen LogP contribution in [0.5, 0.6) is 0 Å². The van der Waals surface area contributed by atoms with Crippen LogP contribution in [0.3, 0.4) is 0 Å². The van der Waals surface area contributed by atoms with Crippen molar-refractivity contribution < 1.29 is 0 Å². The molecule has 1 heterocycles. The monoisotopic (exact) mass is 229 g/mol. The van der Waals surface area contributed by atoms with Gasteiger partial charge in [0, 0.05) is 18.9 Å². The summed E-state index contributed by atoms with van der Waals surface area (Å²) in [6, 6.07) is 8.40. The van der Waals surface area contributed by atoms with Crippen molar-refractivity contribution >= 4 is 0 Å². The van der Waals surface area contributed by atoms with E-state index in [2.05, 4.69) is 37.1 Å². The second-order valence-electron chi connectivity index (χ2n) is 4.76. The summed E-state index contributed by atoms with van der Waals surface area (Å²) >= 11 is 0. The summed E-state index contributed by atoms with van der Waals surface area (Å²) in [5.74, 6) is 0.647. The largest absolute Gasteiger partial charge is 0.326 e. The van der Waals surface area contributed by atoms with Crippen molar-refractivity contribution in [1.29, 1.82) is 0 Å². The van der Waals surface area contributed by atoms with Crippen molar-refractivity contribution in [3.63, 3.8) is 0 Å². The highest BCUT2D eigenvalue weighted by molar-refractivity contribution is 5.39. The molecule has 2 N–H and O–H groups in total. The van der Waals surface area contributed by atoms with E-state index in [0.29, 0.717) is 12.5 Å². The van der Waals surface area contributed by atoms with Crippen LogP contribution in [0.15, 0.2) is 36.7 Å². The van der Waals surface area contributed by atoms with Crippen LogP contribution >= 0.6 is 0 Å². The molecule has 0 spiro atoms. The number of benzene rings is 1. The number of rotatable bonds is 4. The summed E-state index contributed by atoms with van der Waals surface area (Å²) < 4.78 is 1.88. The van der Waals surface area contributed by atoms with Gasteiger partial charge in [0.15, 0.2) is 0 Å². The molecule has 0 atom stereocenters. The maximum Gasteiger partial charge on any atom is 0.0651 e. The predicted molar refractivity (Wildman–Crippen MR) is 70.0 cm³/mol. The van der Waals surface area contributed by atoms with E-state index in [-0.39, 0.29) is 0 Å². The summed E-state index contributed by atoms with van der Waals surface area (Å²) in [6.07, 6.45) is 4.81. The normalized spacial score (nSPS) is 11.1. The lowest BCUT2D eigenvalue weighted by molar-refractivity contribution is 0.646. The van der Waals surface area contributed by atoms with Crippen LogP contribution in [0, 0.1) is 5.92 Å². The minimum atomic E-state index is 0.570. The molecule has 0 fully saturated rings. The molecule has 90 valence electrons. The van der Waals surface area contributed by atoms with Crippen molar-refractivity contribution in [2.24, 2.45) is 11.7 Å². The van der Waals surface area contributed by atoms with Gasteiger partial charge in [-0.15, -0.1) is 0 Å². The van der Waals surface area contributed by atoms with Gasteiger partial charge >= 0.3 is 0 Å². The topological polar surface area (TPSA) is 43.8 Å². The highest BCUT2D eigenvalue weighted by atomic mass is 15.3. The number of hydrogen-bond donors (Lipinski definition) is 1. The van der Waals surface area contributed by atoms with E-state index in [1.807, 2.05) is 16.9 Å². The lowest BCUT2D eigenvalue weighted by Crippen LogP contribution is -2.03. The fourth-order valence-corrected chi connectivity index (χ4v) is 2.00. The molecule has 0 aliphatic heterocycles. The van der Waals surface area contributed by atoms with E-state index in [1.165, 1.54) is 5.56 Å². The number of aromatic nitrogens is 2. The Kier molecular flexibility index (Phi) is 3.59. The van der Waals surface area contributed by atoms with E-state index >= 15 is 0 Å². The Morgan fingerprint density at radius 3 is 2.59 bits per heavy atom. The van der Waals surface area contributed by atoms with Gasteiger partial charge in [0.2, 0.25) is 0 Å². The zero-order chi connectivity index (χ0) is 12.3. The van der Waals surface area contributed by atoms with Crippen molar-refractivity contribution in [1.82, 2.24) is 9.78 Å². The van der Waals surface area contributed by atoms with Crippen molar-refractivity contribution in [2.75, 3.05) is 0 Å². The lowest BCUT2D eigenvalue weighted by atomic mass is 10.00. The maximum absolute atomic E-state index is 5.74. The highest BCUT2D eigenvalue weighted by Gasteiger charge is 2.04. The molecule has 0 amide bonds. The summed E-state index contributed by atoms with van der Waals surface area (Å²) in [7, 11) is 0. The predicted octanol–water partition coefficient (Wildman–Crippen LogP) is 2.53. The Hall–Kier alpha value is -1.61. The standard InChI is InChI=1S/C14H19N3/c1-11(2)6-12-7-13(10-15)9-14(8-12)17-5-3-4-16-17/h3-5,7-9,11H,6,10,15H2,1-2H3. The molecule has 0 aliphatic rings. The molecular weight excluding hydrogens is 210 g/mol. The molecule has 1 aromatic carbocycles. The van der Waals surface area contributed by atoms with Crippen molar-refractivity contribution in [3.05, 3.63) is 47.8 Å². The fourth-order valence-electron chi connectivity index (χ4n) is 2.00. The third-order valence-electron chi connectivity index (χ3n) is 2.69. The third kappa shape index (κ3) is 2.94. The summed E-state index contributed by atoms with van der Waals surface area (Å²) in [4.78, 5) is 0. The van der Waals surface area contributed by atoms with Gasteiger partial charge in [-0.2, -0.15) is 5.10 Å². The van der Waals surface area contributed by atoms with Crippen LogP contribution in [0.1, 0.15) is 25.0 Å². The van der Waals surface area contributed by atoms with Gasteiger partial charge in [-0.1, -0.05) is 19.9 Å². The molecule has 2 rings (SSSR count). The molecule has 3 nitrogen and oxygen atoms in total. The summed E-state index contributed by atoms with van der Waals surface area (Å²) in [5, 5.41) is 4.26. The lowest BCUT2D eigenvalue weighted by Gasteiger charge is -2.10. The first-order valence-electron chi connectivity index (χ1n) is 6.02.